The predicted octanol–water partition coefficient (Wildman–Crippen LogP) is 7.28. The molecule has 0 bridgehead atoms. The third kappa shape index (κ3) is 7.52. The molecule has 0 unspecified atom stereocenters. The Morgan fingerprint density at radius 2 is 1.08 bits per heavy atom. The van der Waals surface area contributed by atoms with Gasteiger partial charge in [0.1, 0.15) is 17.2 Å². The first-order valence-electron chi connectivity index (χ1n) is 12.1. The number of carbonyl (C=O) groups excluding carboxylic acids is 3. The van der Waals surface area contributed by atoms with Gasteiger partial charge in [0.05, 0.1) is 0 Å². The monoisotopic (exact) mass is 522 g/mol. The lowest BCUT2D eigenvalue weighted by Crippen LogP contribution is -2.10. The summed E-state index contributed by atoms with van der Waals surface area (Å²) in [4.78, 5) is 36.0. The lowest BCUT2D eigenvalue weighted by atomic mass is 9.96. The molecular weight excluding hydrogens is 492 g/mol. The highest BCUT2D eigenvalue weighted by Gasteiger charge is 2.16. The van der Waals surface area contributed by atoms with Gasteiger partial charge in [-0.2, -0.15) is 0 Å². The van der Waals surface area contributed by atoms with Gasteiger partial charge in [-0.25, -0.2) is 14.4 Å². The molecule has 3 rings (SSSR count). The third-order valence-corrected chi connectivity index (χ3v) is 5.60. The van der Waals surface area contributed by atoms with Crippen LogP contribution in [-0.4, -0.2) is 17.9 Å². The largest absolute Gasteiger partial charge is 0.423 e. The van der Waals surface area contributed by atoms with E-state index in [1.54, 1.807) is 57.2 Å². The summed E-state index contributed by atoms with van der Waals surface area (Å²) in [6, 6.07) is 17.8. The first kappa shape index (κ1) is 28.6. The number of hydrogen-bond acceptors (Lipinski definition) is 6. The molecular formula is C33H30O6. The molecule has 0 aromatic heterocycles. The number of benzene rings is 3. The smallest absolute Gasteiger partial charge is 0.338 e. The van der Waals surface area contributed by atoms with Crippen LogP contribution in [0.25, 0.3) is 23.3 Å². The molecule has 6 heteroatoms. The molecule has 0 radical (unpaired) electrons. The zero-order valence-corrected chi connectivity index (χ0v) is 22.5. The van der Waals surface area contributed by atoms with Gasteiger partial charge in [0, 0.05) is 27.8 Å². The molecule has 39 heavy (non-hydrogen) atoms. The molecule has 0 aliphatic rings. The van der Waals surface area contributed by atoms with Crippen molar-refractivity contribution >= 4 is 30.1 Å². The molecule has 6 nitrogen and oxygen atoms in total. The van der Waals surface area contributed by atoms with Crippen LogP contribution < -0.4 is 14.2 Å². The van der Waals surface area contributed by atoms with Crippen LogP contribution in [0.15, 0.2) is 97.1 Å². The average Bonchev–Trinajstić information content (AvgIpc) is 2.90. The van der Waals surface area contributed by atoms with Crippen molar-refractivity contribution in [1.29, 1.82) is 0 Å². The van der Waals surface area contributed by atoms with Gasteiger partial charge in [-0.3, -0.25) is 0 Å². The maximum Gasteiger partial charge on any atom is 0.338 e. The van der Waals surface area contributed by atoms with E-state index < -0.39 is 17.9 Å². The Morgan fingerprint density at radius 1 is 0.615 bits per heavy atom. The summed E-state index contributed by atoms with van der Waals surface area (Å²) in [6.45, 7) is 17.5. The van der Waals surface area contributed by atoms with Gasteiger partial charge in [0.2, 0.25) is 0 Å². The van der Waals surface area contributed by atoms with Gasteiger partial charge in [-0.15, -0.1) is 0 Å². The van der Waals surface area contributed by atoms with E-state index >= 15 is 0 Å². The lowest BCUT2D eigenvalue weighted by Gasteiger charge is -2.15. The summed E-state index contributed by atoms with van der Waals surface area (Å²) in [5, 5.41) is 0. The number of rotatable bonds is 9. The third-order valence-electron chi connectivity index (χ3n) is 5.60. The Bertz CT molecular complexity index is 1490. The lowest BCUT2D eigenvalue weighted by molar-refractivity contribution is -0.131. The first-order chi connectivity index (χ1) is 18.5. The average molecular weight is 523 g/mol. The van der Waals surface area contributed by atoms with Crippen LogP contribution in [0.5, 0.6) is 17.2 Å². The minimum Gasteiger partial charge on any atom is -0.423 e. The van der Waals surface area contributed by atoms with E-state index in [2.05, 4.69) is 19.7 Å². The maximum absolute atomic E-state index is 12.5. The molecule has 0 saturated carbocycles. The van der Waals surface area contributed by atoms with E-state index in [0.29, 0.717) is 34.0 Å². The minimum absolute atomic E-state index is 0.276. The van der Waals surface area contributed by atoms with Gasteiger partial charge in [0.25, 0.3) is 0 Å². The van der Waals surface area contributed by atoms with Crippen LogP contribution in [0.3, 0.4) is 0 Å². The van der Waals surface area contributed by atoms with E-state index in [0.717, 1.165) is 22.3 Å². The van der Waals surface area contributed by atoms with Crippen molar-refractivity contribution in [3.8, 4) is 28.4 Å². The topological polar surface area (TPSA) is 78.9 Å². The van der Waals surface area contributed by atoms with Crippen LogP contribution >= 0.6 is 0 Å². The van der Waals surface area contributed by atoms with Crippen LogP contribution in [0.2, 0.25) is 0 Å². The summed E-state index contributed by atoms with van der Waals surface area (Å²) in [7, 11) is 0. The summed E-state index contributed by atoms with van der Waals surface area (Å²) < 4.78 is 16.2. The standard InChI is InChI=1S/C33H30O6/c1-20(2)31(34)37-27-15-9-24(10-16-27)8-11-26-14-19-29(23(7)30(26)39-33(36)22(5)6)25-12-17-28(18-13-25)38-32(35)21(3)4/h8-19H,1,3,5H2,2,4,6-7H3/b11-8+. The zero-order chi connectivity index (χ0) is 28.7. The fraction of sp³-hybridized carbons (Fsp3) is 0.121. The molecule has 0 aliphatic carbocycles. The fourth-order valence-corrected chi connectivity index (χ4v) is 3.40. The van der Waals surface area contributed by atoms with Gasteiger partial charge in [-0.05, 0) is 68.7 Å². The second kappa shape index (κ2) is 12.5. The predicted molar refractivity (Wildman–Crippen MR) is 153 cm³/mol. The second-order valence-corrected chi connectivity index (χ2v) is 9.09. The number of hydrogen-bond donors (Lipinski definition) is 0. The first-order valence-corrected chi connectivity index (χ1v) is 12.1. The Hall–Kier alpha value is -4.97. The van der Waals surface area contributed by atoms with Crippen molar-refractivity contribution < 1.29 is 28.6 Å². The van der Waals surface area contributed by atoms with Crippen molar-refractivity contribution in [1.82, 2.24) is 0 Å². The molecule has 0 heterocycles. The molecule has 3 aromatic carbocycles. The summed E-state index contributed by atoms with van der Waals surface area (Å²) in [5.41, 5.74) is 4.89. The van der Waals surface area contributed by atoms with E-state index in [4.69, 9.17) is 14.2 Å². The Balaban J connectivity index is 1.92. The van der Waals surface area contributed by atoms with Gasteiger partial charge < -0.3 is 14.2 Å². The van der Waals surface area contributed by atoms with Crippen molar-refractivity contribution in [3.05, 3.63) is 114 Å². The Labute approximate surface area is 228 Å². The van der Waals surface area contributed by atoms with Crippen molar-refractivity contribution in [2.45, 2.75) is 27.7 Å². The molecule has 0 aliphatic heterocycles. The highest BCUT2D eigenvalue weighted by Crippen LogP contribution is 2.35. The summed E-state index contributed by atoms with van der Waals surface area (Å²) in [6.07, 6.45) is 3.70. The molecule has 3 aromatic rings. The van der Waals surface area contributed by atoms with E-state index in [9.17, 15) is 14.4 Å². The number of carbonyl (C=O) groups is 3. The molecule has 0 atom stereocenters. The van der Waals surface area contributed by atoms with Crippen LogP contribution in [0, 0.1) is 6.92 Å². The fourth-order valence-electron chi connectivity index (χ4n) is 3.40. The Kier molecular flexibility index (Phi) is 9.18. The SMILES string of the molecule is C=C(C)C(=O)Oc1ccc(/C=C/c2ccc(-c3ccc(OC(=O)C(=C)C)cc3)c(C)c2OC(=O)C(=C)C)cc1. The normalized spacial score (nSPS) is 10.6. The molecule has 0 spiro atoms. The molecule has 0 N–H and O–H groups in total. The molecule has 198 valence electrons. The number of esters is 3. The highest BCUT2D eigenvalue weighted by atomic mass is 16.5. The van der Waals surface area contributed by atoms with Gasteiger partial charge >= 0.3 is 17.9 Å². The Morgan fingerprint density at radius 3 is 1.56 bits per heavy atom. The molecule has 0 saturated heterocycles. The van der Waals surface area contributed by atoms with Crippen molar-refractivity contribution in [2.75, 3.05) is 0 Å². The van der Waals surface area contributed by atoms with Crippen LogP contribution in [0.1, 0.15) is 37.5 Å². The van der Waals surface area contributed by atoms with Gasteiger partial charge in [0.15, 0.2) is 0 Å². The molecule has 0 fully saturated rings. The van der Waals surface area contributed by atoms with Gasteiger partial charge in [-0.1, -0.05) is 68.3 Å². The van der Waals surface area contributed by atoms with E-state index in [1.807, 2.05) is 43.3 Å². The molecule has 0 amide bonds. The summed E-state index contributed by atoms with van der Waals surface area (Å²) >= 11 is 0. The van der Waals surface area contributed by atoms with Crippen LogP contribution in [-0.2, 0) is 14.4 Å². The van der Waals surface area contributed by atoms with Crippen LogP contribution in [0.4, 0.5) is 0 Å². The van der Waals surface area contributed by atoms with E-state index in [1.165, 1.54) is 0 Å². The van der Waals surface area contributed by atoms with Crippen molar-refractivity contribution in [2.24, 2.45) is 0 Å². The maximum atomic E-state index is 12.5. The second-order valence-electron chi connectivity index (χ2n) is 9.09. The van der Waals surface area contributed by atoms with Crippen molar-refractivity contribution in [3.63, 3.8) is 0 Å². The summed E-state index contributed by atoms with van der Waals surface area (Å²) in [5.74, 6) is -0.292. The van der Waals surface area contributed by atoms with E-state index in [-0.39, 0.29) is 5.57 Å². The highest BCUT2D eigenvalue weighted by molar-refractivity contribution is 5.91. The quantitative estimate of drug-likeness (QED) is 0.127. The zero-order valence-electron chi connectivity index (χ0n) is 22.5. The number of ether oxygens (including phenoxy) is 3. The minimum atomic E-state index is -0.532.